The average molecular weight is 343 g/mol. The lowest BCUT2D eigenvalue weighted by Gasteiger charge is -2.16. The van der Waals surface area contributed by atoms with Crippen LogP contribution in [0, 0.1) is 41.5 Å². The van der Waals surface area contributed by atoms with Gasteiger partial charge < -0.3 is 0 Å². The highest BCUT2D eigenvalue weighted by Crippen LogP contribution is 2.25. The van der Waals surface area contributed by atoms with Crippen LogP contribution < -0.4 is 0 Å². The van der Waals surface area contributed by atoms with Crippen molar-refractivity contribution in [1.29, 1.82) is 0 Å². The molecule has 134 valence electrons. The van der Waals surface area contributed by atoms with E-state index in [2.05, 4.69) is 90.1 Å². The molecule has 0 unspecified atom stereocenters. The number of hydrogen-bond donors (Lipinski definition) is 0. The third-order valence-electron chi connectivity index (χ3n) is 5.53. The predicted molar refractivity (Wildman–Crippen MR) is 113 cm³/mol. The summed E-state index contributed by atoms with van der Waals surface area (Å²) >= 11 is 0. The van der Waals surface area contributed by atoms with Gasteiger partial charge in [0, 0.05) is 0 Å². The number of aryl methyl sites for hydroxylation is 5. The fourth-order valence-corrected chi connectivity index (χ4v) is 3.88. The molecule has 3 rings (SSSR count). The van der Waals surface area contributed by atoms with E-state index in [0.717, 1.165) is 12.8 Å². The Hall–Kier alpha value is -2.34. The summed E-state index contributed by atoms with van der Waals surface area (Å²) in [4.78, 5) is 0. The molecule has 0 N–H and O–H groups in total. The molecule has 0 aromatic heterocycles. The van der Waals surface area contributed by atoms with E-state index < -0.39 is 0 Å². The molecular weight excluding hydrogens is 312 g/mol. The van der Waals surface area contributed by atoms with Crippen molar-refractivity contribution in [2.45, 2.75) is 54.4 Å². The molecule has 0 heteroatoms. The maximum atomic E-state index is 2.36. The van der Waals surface area contributed by atoms with Gasteiger partial charge in [-0.1, -0.05) is 65.2 Å². The zero-order valence-corrected chi connectivity index (χ0v) is 17.0. The van der Waals surface area contributed by atoms with Crippen LogP contribution in [-0.4, -0.2) is 0 Å². The lowest BCUT2D eigenvalue weighted by atomic mass is 9.89. The Morgan fingerprint density at radius 2 is 0.885 bits per heavy atom. The van der Waals surface area contributed by atoms with E-state index in [1.54, 1.807) is 0 Å². The van der Waals surface area contributed by atoms with Gasteiger partial charge in [-0.25, -0.2) is 0 Å². The number of hydrogen-bond acceptors (Lipinski definition) is 0. The van der Waals surface area contributed by atoms with Crippen LogP contribution in [-0.2, 0) is 12.8 Å². The minimum atomic E-state index is 1.01. The molecule has 3 aromatic rings. The van der Waals surface area contributed by atoms with E-state index in [4.69, 9.17) is 0 Å². The second-order valence-electron chi connectivity index (χ2n) is 7.92. The van der Waals surface area contributed by atoms with E-state index >= 15 is 0 Å². The number of benzene rings is 3. The van der Waals surface area contributed by atoms with Gasteiger partial charge in [0.25, 0.3) is 0 Å². The molecule has 0 saturated carbocycles. The summed E-state index contributed by atoms with van der Waals surface area (Å²) in [6.45, 7) is 13.3. The minimum Gasteiger partial charge on any atom is -0.0590 e. The van der Waals surface area contributed by atoms with Gasteiger partial charge in [0.05, 0.1) is 0 Å². The van der Waals surface area contributed by atoms with E-state index in [1.165, 1.54) is 55.6 Å². The van der Waals surface area contributed by atoms with Crippen molar-refractivity contribution in [3.63, 3.8) is 0 Å². The maximum Gasteiger partial charge on any atom is -0.00203 e. The number of rotatable bonds is 4. The van der Waals surface area contributed by atoms with Crippen molar-refractivity contribution in [3.8, 4) is 0 Å². The van der Waals surface area contributed by atoms with Crippen LogP contribution in [0.25, 0.3) is 0 Å². The summed E-state index contributed by atoms with van der Waals surface area (Å²) in [5, 5.41) is 0. The molecule has 3 aromatic carbocycles. The molecule has 0 spiro atoms. The average Bonchev–Trinajstić information content (AvgIpc) is 2.56. The van der Waals surface area contributed by atoms with Gasteiger partial charge >= 0.3 is 0 Å². The largest absolute Gasteiger partial charge is 0.0590 e. The Morgan fingerprint density at radius 3 is 1.27 bits per heavy atom. The van der Waals surface area contributed by atoms with Crippen molar-refractivity contribution < 1.29 is 0 Å². The van der Waals surface area contributed by atoms with E-state index in [1.807, 2.05) is 0 Å². The molecule has 0 aliphatic carbocycles. The van der Waals surface area contributed by atoms with E-state index in [0.29, 0.717) is 0 Å². The Balaban J connectivity index is 1.95. The predicted octanol–water partition coefficient (Wildman–Crippen LogP) is 6.72. The lowest BCUT2D eigenvalue weighted by molar-refractivity contribution is 1.06. The third kappa shape index (κ3) is 4.07. The van der Waals surface area contributed by atoms with Crippen LogP contribution in [0.3, 0.4) is 0 Å². The Labute approximate surface area is 158 Å². The van der Waals surface area contributed by atoms with Crippen molar-refractivity contribution in [1.82, 2.24) is 0 Å². The first kappa shape index (κ1) is 18.5. The van der Waals surface area contributed by atoms with Gasteiger partial charge in [-0.3, -0.25) is 0 Å². The second-order valence-corrected chi connectivity index (χ2v) is 7.92. The van der Waals surface area contributed by atoms with Crippen LogP contribution in [0.1, 0.15) is 55.6 Å². The van der Waals surface area contributed by atoms with Gasteiger partial charge in [0.1, 0.15) is 0 Å². The van der Waals surface area contributed by atoms with Crippen LogP contribution in [0.2, 0.25) is 0 Å². The van der Waals surface area contributed by atoms with Gasteiger partial charge in [0.2, 0.25) is 0 Å². The summed E-state index contributed by atoms with van der Waals surface area (Å²) in [6.07, 6.45) is 2.03. The highest BCUT2D eigenvalue weighted by Gasteiger charge is 2.10. The summed E-state index contributed by atoms with van der Waals surface area (Å²) in [7, 11) is 0. The van der Waals surface area contributed by atoms with Crippen molar-refractivity contribution in [2.75, 3.05) is 0 Å². The summed E-state index contributed by atoms with van der Waals surface area (Å²) in [5.41, 5.74) is 14.0. The van der Waals surface area contributed by atoms with Crippen LogP contribution in [0.5, 0.6) is 0 Å². The Kier molecular flexibility index (Phi) is 5.32. The second kappa shape index (κ2) is 7.50. The van der Waals surface area contributed by atoms with Gasteiger partial charge in [-0.05, 0) is 93.3 Å². The zero-order chi connectivity index (χ0) is 18.8. The normalized spacial score (nSPS) is 11.0. The van der Waals surface area contributed by atoms with E-state index in [-0.39, 0.29) is 0 Å². The molecule has 0 aliphatic rings. The van der Waals surface area contributed by atoms with Crippen LogP contribution in [0.15, 0.2) is 48.5 Å². The quantitative estimate of drug-likeness (QED) is 0.494. The summed E-state index contributed by atoms with van der Waals surface area (Å²) in [6, 6.07) is 18.3. The fourth-order valence-electron chi connectivity index (χ4n) is 3.88. The van der Waals surface area contributed by atoms with Crippen molar-refractivity contribution in [3.05, 3.63) is 104 Å². The molecule has 0 aliphatic heterocycles. The van der Waals surface area contributed by atoms with Crippen LogP contribution in [0.4, 0.5) is 0 Å². The van der Waals surface area contributed by atoms with Gasteiger partial charge in [0.15, 0.2) is 0 Å². The molecule has 0 heterocycles. The van der Waals surface area contributed by atoms with Gasteiger partial charge in [-0.15, -0.1) is 0 Å². The molecule has 0 nitrogen and oxygen atoms in total. The van der Waals surface area contributed by atoms with E-state index in [9.17, 15) is 0 Å². The first-order valence-electron chi connectivity index (χ1n) is 9.54. The third-order valence-corrected chi connectivity index (χ3v) is 5.53. The minimum absolute atomic E-state index is 1.01. The monoisotopic (exact) mass is 342 g/mol. The smallest absolute Gasteiger partial charge is 0.00203 e. The molecule has 0 radical (unpaired) electrons. The molecule has 0 amide bonds. The molecule has 0 bridgehead atoms. The Morgan fingerprint density at radius 1 is 0.462 bits per heavy atom. The SMILES string of the molecule is Cc1ccc(Cc2cc(C)cc(Cc3ccc(C)cc3C)c2C)c(C)c1. The Bertz CT molecular complexity index is 870. The topological polar surface area (TPSA) is 0 Å². The zero-order valence-electron chi connectivity index (χ0n) is 17.0. The molecule has 26 heavy (non-hydrogen) atoms. The summed E-state index contributed by atoms with van der Waals surface area (Å²) in [5.74, 6) is 0. The van der Waals surface area contributed by atoms with Gasteiger partial charge in [-0.2, -0.15) is 0 Å². The standard InChI is InChI=1S/C26H30/c1-17-7-9-23(20(4)11-17)15-25-13-19(3)14-26(22(25)6)16-24-10-8-18(2)12-21(24)5/h7-14H,15-16H2,1-6H3. The highest BCUT2D eigenvalue weighted by molar-refractivity contribution is 5.45. The van der Waals surface area contributed by atoms with Crippen molar-refractivity contribution in [2.24, 2.45) is 0 Å². The first-order valence-corrected chi connectivity index (χ1v) is 9.54. The first-order chi connectivity index (χ1) is 12.3. The maximum absolute atomic E-state index is 2.36. The highest BCUT2D eigenvalue weighted by atomic mass is 14.2. The summed E-state index contributed by atoms with van der Waals surface area (Å²) < 4.78 is 0. The van der Waals surface area contributed by atoms with Crippen molar-refractivity contribution >= 4 is 0 Å². The fraction of sp³-hybridized carbons (Fsp3) is 0.308. The molecule has 0 fully saturated rings. The molecule has 0 atom stereocenters. The molecular formula is C26H30. The van der Waals surface area contributed by atoms with Crippen LogP contribution >= 0.6 is 0 Å². The molecule has 0 saturated heterocycles. The lowest BCUT2D eigenvalue weighted by Crippen LogP contribution is -2.02.